The van der Waals surface area contributed by atoms with Gasteiger partial charge in [0, 0.05) is 22.5 Å². The molecule has 3 aromatic carbocycles. The van der Waals surface area contributed by atoms with Crippen LogP contribution in [-0.4, -0.2) is 24.0 Å². The molecule has 0 heterocycles. The smallest absolute Gasteiger partial charge is 0.257 e. The molecule has 0 bridgehead atoms. The molecule has 31 heavy (non-hydrogen) atoms. The number of aryl methyl sites for hydroxylation is 1. The largest absolute Gasteiger partial charge is 0.496 e. The Bertz CT molecular complexity index is 1130. The van der Waals surface area contributed by atoms with Crippen molar-refractivity contribution in [1.82, 2.24) is 5.32 Å². The Kier molecular flexibility index (Phi) is 7.59. The van der Waals surface area contributed by atoms with Gasteiger partial charge in [-0.3, -0.25) is 14.9 Å². The number of hydrogen-bond donors (Lipinski definition) is 3. The first-order valence-corrected chi connectivity index (χ1v) is 10.8. The van der Waals surface area contributed by atoms with Crippen LogP contribution in [0, 0.1) is 10.5 Å². The second-order valence-electron chi connectivity index (χ2n) is 6.60. The van der Waals surface area contributed by atoms with E-state index in [0.717, 1.165) is 9.13 Å². The Labute approximate surface area is 199 Å². The van der Waals surface area contributed by atoms with Crippen LogP contribution in [0.1, 0.15) is 26.3 Å². The molecule has 158 valence electrons. The molecule has 0 aliphatic heterocycles. The van der Waals surface area contributed by atoms with Crippen LogP contribution in [0.3, 0.4) is 0 Å². The van der Waals surface area contributed by atoms with Crippen molar-refractivity contribution in [3.63, 3.8) is 0 Å². The van der Waals surface area contributed by atoms with E-state index in [1.807, 2.05) is 25.1 Å². The van der Waals surface area contributed by atoms with Gasteiger partial charge in [0.25, 0.3) is 11.8 Å². The van der Waals surface area contributed by atoms with Crippen LogP contribution in [0.2, 0.25) is 0 Å². The minimum Gasteiger partial charge on any atom is -0.496 e. The van der Waals surface area contributed by atoms with Gasteiger partial charge < -0.3 is 15.4 Å². The average Bonchev–Trinajstić information content (AvgIpc) is 2.75. The molecule has 3 aromatic rings. The highest BCUT2D eigenvalue weighted by Gasteiger charge is 2.11. The predicted molar refractivity (Wildman–Crippen MR) is 135 cm³/mol. The summed E-state index contributed by atoms with van der Waals surface area (Å²) in [5.41, 5.74) is 3.35. The number of hydrogen-bond acceptors (Lipinski definition) is 4. The number of benzene rings is 3. The van der Waals surface area contributed by atoms with Crippen LogP contribution in [0.4, 0.5) is 11.4 Å². The van der Waals surface area contributed by atoms with Crippen molar-refractivity contribution >= 4 is 63.1 Å². The van der Waals surface area contributed by atoms with Crippen molar-refractivity contribution in [2.75, 3.05) is 17.7 Å². The number of thiocarbonyl (C=S) groups is 1. The number of carbonyl (C=O) groups is 2. The van der Waals surface area contributed by atoms with Crippen LogP contribution in [0.25, 0.3) is 0 Å². The lowest BCUT2D eigenvalue weighted by molar-refractivity contribution is 0.0976. The van der Waals surface area contributed by atoms with Crippen molar-refractivity contribution in [3.05, 3.63) is 87.0 Å². The quantitative estimate of drug-likeness (QED) is 0.311. The number of ether oxygens (including phenoxy) is 1. The van der Waals surface area contributed by atoms with Crippen molar-refractivity contribution < 1.29 is 14.3 Å². The van der Waals surface area contributed by atoms with Gasteiger partial charge in [-0.05, 0) is 95.8 Å². The lowest BCUT2D eigenvalue weighted by Crippen LogP contribution is -2.34. The van der Waals surface area contributed by atoms with Crippen LogP contribution in [0.15, 0.2) is 66.7 Å². The number of anilines is 2. The van der Waals surface area contributed by atoms with E-state index in [2.05, 4.69) is 38.5 Å². The van der Waals surface area contributed by atoms with E-state index in [-0.39, 0.29) is 16.9 Å². The molecule has 0 atom stereocenters. The van der Waals surface area contributed by atoms with Gasteiger partial charge in [0.1, 0.15) is 5.75 Å². The van der Waals surface area contributed by atoms with Gasteiger partial charge in [-0.25, -0.2) is 0 Å². The van der Waals surface area contributed by atoms with Crippen LogP contribution >= 0.6 is 34.8 Å². The van der Waals surface area contributed by atoms with Gasteiger partial charge in [-0.1, -0.05) is 18.2 Å². The maximum absolute atomic E-state index is 12.4. The van der Waals surface area contributed by atoms with Crippen molar-refractivity contribution in [1.29, 1.82) is 0 Å². The average molecular weight is 545 g/mol. The molecule has 0 aliphatic carbocycles. The first-order chi connectivity index (χ1) is 14.9. The van der Waals surface area contributed by atoms with Crippen molar-refractivity contribution in [2.45, 2.75) is 6.92 Å². The fraction of sp³-hybridized carbons (Fsp3) is 0.0870. The highest BCUT2D eigenvalue weighted by atomic mass is 127. The summed E-state index contributed by atoms with van der Waals surface area (Å²) in [6.07, 6.45) is 0. The Balaban J connectivity index is 1.57. The van der Waals surface area contributed by atoms with Crippen LogP contribution < -0.4 is 20.7 Å². The van der Waals surface area contributed by atoms with Crippen molar-refractivity contribution in [3.8, 4) is 5.75 Å². The summed E-state index contributed by atoms with van der Waals surface area (Å²) in [5, 5.41) is 8.65. The number of carbonyl (C=O) groups excluding carboxylic acids is 2. The summed E-state index contributed by atoms with van der Waals surface area (Å²) in [7, 11) is 1.58. The topological polar surface area (TPSA) is 79.5 Å². The van der Waals surface area contributed by atoms with Crippen LogP contribution in [0.5, 0.6) is 5.75 Å². The number of halogens is 1. The normalized spacial score (nSPS) is 10.2. The third kappa shape index (κ3) is 6.02. The molecule has 0 unspecified atom stereocenters. The summed E-state index contributed by atoms with van der Waals surface area (Å²) in [5.74, 6) is 0.211. The Hall–Kier alpha value is -2.98. The third-order valence-electron chi connectivity index (χ3n) is 4.43. The summed E-state index contributed by atoms with van der Waals surface area (Å²) in [6.45, 7) is 1.89. The molecule has 3 rings (SSSR count). The Morgan fingerprint density at radius 3 is 2.16 bits per heavy atom. The molecule has 3 N–H and O–H groups in total. The number of rotatable bonds is 5. The maximum Gasteiger partial charge on any atom is 0.257 e. The molecule has 0 saturated carbocycles. The molecule has 0 radical (unpaired) electrons. The first kappa shape index (κ1) is 22.7. The number of nitrogens with one attached hydrogen (secondary N) is 3. The fourth-order valence-electron chi connectivity index (χ4n) is 2.81. The van der Waals surface area contributed by atoms with Crippen LogP contribution in [-0.2, 0) is 0 Å². The summed E-state index contributed by atoms with van der Waals surface area (Å²) >= 11 is 7.34. The molecule has 0 spiro atoms. The highest BCUT2D eigenvalue weighted by molar-refractivity contribution is 14.1. The molecule has 2 amide bonds. The van der Waals surface area contributed by atoms with E-state index < -0.39 is 0 Å². The zero-order valence-corrected chi connectivity index (χ0v) is 19.8. The molecule has 8 heteroatoms. The van der Waals surface area contributed by atoms with Gasteiger partial charge >= 0.3 is 0 Å². The van der Waals surface area contributed by atoms with Gasteiger partial charge in [0.15, 0.2) is 5.11 Å². The van der Waals surface area contributed by atoms with E-state index in [1.54, 1.807) is 55.6 Å². The van der Waals surface area contributed by atoms with Gasteiger partial charge in [0.2, 0.25) is 0 Å². The lowest BCUT2D eigenvalue weighted by Gasteiger charge is -2.12. The molecule has 0 aromatic heterocycles. The van der Waals surface area contributed by atoms with Gasteiger partial charge in [-0.2, -0.15) is 0 Å². The zero-order chi connectivity index (χ0) is 22.4. The minimum atomic E-state index is -0.319. The zero-order valence-electron chi connectivity index (χ0n) is 16.9. The summed E-state index contributed by atoms with van der Waals surface area (Å²) in [4.78, 5) is 24.8. The number of amides is 2. The first-order valence-electron chi connectivity index (χ1n) is 9.30. The van der Waals surface area contributed by atoms with Gasteiger partial charge in [-0.15, -0.1) is 0 Å². The maximum atomic E-state index is 12.4. The second kappa shape index (κ2) is 10.4. The van der Waals surface area contributed by atoms with E-state index in [1.165, 1.54) is 0 Å². The Morgan fingerprint density at radius 2 is 1.55 bits per heavy atom. The summed E-state index contributed by atoms with van der Waals surface area (Å²) in [6, 6.07) is 19.6. The third-order valence-corrected chi connectivity index (χ3v) is 5.48. The molecule has 6 nitrogen and oxygen atoms in total. The predicted octanol–water partition coefficient (Wildman–Crippen LogP) is 4.99. The molecular formula is C23H20IN3O3S. The second-order valence-corrected chi connectivity index (χ2v) is 8.17. The Morgan fingerprint density at radius 1 is 0.903 bits per heavy atom. The highest BCUT2D eigenvalue weighted by Crippen LogP contribution is 2.21. The van der Waals surface area contributed by atoms with Crippen molar-refractivity contribution in [2.24, 2.45) is 0 Å². The lowest BCUT2D eigenvalue weighted by atomic mass is 10.1. The SMILES string of the molecule is COc1ccc(C(=O)NC(=S)Nc2ccc(NC(=O)c3ccccc3C)cc2)cc1I. The number of methoxy groups -OCH3 is 1. The van der Waals surface area contributed by atoms with E-state index in [4.69, 9.17) is 17.0 Å². The molecule has 0 fully saturated rings. The fourth-order valence-corrected chi connectivity index (χ4v) is 3.75. The molecule has 0 saturated heterocycles. The van der Waals surface area contributed by atoms with Gasteiger partial charge in [0.05, 0.1) is 10.7 Å². The summed E-state index contributed by atoms with van der Waals surface area (Å²) < 4.78 is 6.03. The van der Waals surface area contributed by atoms with E-state index in [0.29, 0.717) is 28.3 Å². The van der Waals surface area contributed by atoms with E-state index >= 15 is 0 Å². The van der Waals surface area contributed by atoms with E-state index in [9.17, 15) is 9.59 Å². The monoisotopic (exact) mass is 545 g/mol. The molecule has 0 aliphatic rings. The standard InChI is InChI=1S/C23H20IN3O3S/c1-14-5-3-4-6-18(14)22(29)25-16-8-10-17(11-9-16)26-23(31)27-21(28)15-7-12-20(30-2)19(24)13-15/h3-13H,1-2H3,(H,25,29)(H2,26,27,28,31). The minimum absolute atomic E-state index is 0.171. The molecular weight excluding hydrogens is 525 g/mol.